The summed E-state index contributed by atoms with van der Waals surface area (Å²) in [5, 5.41) is 3.85. The van der Waals surface area contributed by atoms with Crippen LogP contribution >= 0.6 is 15.9 Å². The van der Waals surface area contributed by atoms with Gasteiger partial charge in [0.15, 0.2) is 0 Å². The lowest BCUT2D eigenvalue weighted by atomic mass is 9.75. The van der Waals surface area contributed by atoms with Crippen LogP contribution in [-0.4, -0.2) is 12.6 Å². The molecule has 1 aromatic carbocycles. The maximum Gasteiger partial charge on any atom is 0.0210 e. The summed E-state index contributed by atoms with van der Waals surface area (Å²) in [5.74, 6) is 3.91. The Kier molecular flexibility index (Phi) is 3.64. The Hall–Kier alpha value is -0.340. The third-order valence-electron chi connectivity index (χ3n) is 6.04. The van der Waals surface area contributed by atoms with Crippen molar-refractivity contribution in [3.8, 4) is 0 Å². The van der Waals surface area contributed by atoms with E-state index in [1.165, 1.54) is 55.1 Å². The number of nitrogens with one attached hydrogen (secondary N) is 1. The standard InChI is InChI=1S/C18H24BrN/c19-18-4-2-1-3-17(18)14-9-16(10-14)20-11-15-8-12-5-6-13(15)7-12/h1-4,12-16,20H,5-11H2. The summed E-state index contributed by atoms with van der Waals surface area (Å²) in [5.41, 5.74) is 1.51. The molecular formula is C18H24BrN. The summed E-state index contributed by atoms with van der Waals surface area (Å²) in [6, 6.07) is 9.49. The van der Waals surface area contributed by atoms with Crippen LogP contribution in [0.3, 0.4) is 0 Å². The fourth-order valence-electron chi connectivity index (χ4n) is 4.79. The minimum Gasteiger partial charge on any atom is -0.314 e. The molecule has 0 aromatic heterocycles. The molecule has 3 aliphatic rings. The summed E-state index contributed by atoms with van der Waals surface area (Å²) >= 11 is 3.69. The zero-order valence-electron chi connectivity index (χ0n) is 12.0. The maximum atomic E-state index is 3.85. The highest BCUT2D eigenvalue weighted by Crippen LogP contribution is 2.48. The Balaban J connectivity index is 1.25. The maximum absolute atomic E-state index is 3.85. The first-order chi connectivity index (χ1) is 9.79. The summed E-state index contributed by atoms with van der Waals surface area (Å²) in [6.45, 7) is 1.29. The number of benzene rings is 1. The van der Waals surface area contributed by atoms with Crippen molar-refractivity contribution in [1.29, 1.82) is 0 Å². The molecule has 2 heteroatoms. The van der Waals surface area contributed by atoms with Gasteiger partial charge in [0, 0.05) is 10.5 Å². The normalized spacial score (nSPS) is 39.0. The van der Waals surface area contributed by atoms with Gasteiger partial charge < -0.3 is 5.32 Å². The molecular weight excluding hydrogens is 310 g/mol. The predicted octanol–water partition coefficient (Wildman–Crippen LogP) is 4.72. The fraction of sp³-hybridized carbons (Fsp3) is 0.667. The van der Waals surface area contributed by atoms with Crippen molar-refractivity contribution in [2.75, 3.05) is 6.54 Å². The van der Waals surface area contributed by atoms with E-state index in [0.29, 0.717) is 0 Å². The van der Waals surface area contributed by atoms with E-state index in [1.807, 2.05) is 0 Å². The van der Waals surface area contributed by atoms with Crippen LogP contribution < -0.4 is 5.32 Å². The van der Waals surface area contributed by atoms with Crippen LogP contribution in [0, 0.1) is 17.8 Å². The van der Waals surface area contributed by atoms with E-state index in [-0.39, 0.29) is 0 Å². The minimum atomic E-state index is 0.767. The van der Waals surface area contributed by atoms with Crippen molar-refractivity contribution in [3.05, 3.63) is 34.3 Å². The first kappa shape index (κ1) is 13.3. The molecule has 0 radical (unpaired) electrons. The van der Waals surface area contributed by atoms with Gasteiger partial charge in [0.05, 0.1) is 0 Å². The van der Waals surface area contributed by atoms with E-state index < -0.39 is 0 Å². The molecule has 0 amide bonds. The number of hydrogen-bond donors (Lipinski definition) is 1. The number of halogens is 1. The Labute approximate surface area is 130 Å². The largest absolute Gasteiger partial charge is 0.314 e. The average molecular weight is 334 g/mol. The lowest BCUT2D eigenvalue weighted by Gasteiger charge is -2.38. The summed E-state index contributed by atoms with van der Waals surface area (Å²) in [6.07, 6.45) is 8.73. The van der Waals surface area contributed by atoms with Crippen molar-refractivity contribution in [1.82, 2.24) is 5.32 Å². The van der Waals surface area contributed by atoms with E-state index in [9.17, 15) is 0 Å². The van der Waals surface area contributed by atoms with Gasteiger partial charge in [-0.05, 0) is 74.0 Å². The molecule has 0 heterocycles. The quantitative estimate of drug-likeness (QED) is 0.840. The first-order valence-electron chi connectivity index (χ1n) is 8.27. The molecule has 1 aromatic rings. The molecule has 2 bridgehead atoms. The molecule has 3 fully saturated rings. The van der Waals surface area contributed by atoms with E-state index in [4.69, 9.17) is 0 Å². The summed E-state index contributed by atoms with van der Waals surface area (Å²) in [7, 11) is 0. The van der Waals surface area contributed by atoms with Crippen molar-refractivity contribution < 1.29 is 0 Å². The average Bonchev–Trinajstić information content (AvgIpc) is 3.01. The predicted molar refractivity (Wildman–Crippen MR) is 86.8 cm³/mol. The van der Waals surface area contributed by atoms with E-state index in [2.05, 4.69) is 45.5 Å². The zero-order chi connectivity index (χ0) is 13.5. The Morgan fingerprint density at radius 1 is 1.05 bits per heavy atom. The van der Waals surface area contributed by atoms with Gasteiger partial charge in [-0.3, -0.25) is 0 Å². The highest BCUT2D eigenvalue weighted by molar-refractivity contribution is 9.10. The van der Waals surface area contributed by atoms with Crippen LogP contribution in [0.4, 0.5) is 0 Å². The molecule has 3 saturated carbocycles. The molecule has 20 heavy (non-hydrogen) atoms. The van der Waals surface area contributed by atoms with E-state index in [0.717, 1.165) is 29.7 Å². The Morgan fingerprint density at radius 2 is 1.90 bits per heavy atom. The molecule has 108 valence electrons. The Morgan fingerprint density at radius 3 is 2.60 bits per heavy atom. The van der Waals surface area contributed by atoms with E-state index in [1.54, 1.807) is 0 Å². The van der Waals surface area contributed by atoms with Gasteiger partial charge in [-0.2, -0.15) is 0 Å². The van der Waals surface area contributed by atoms with Crippen molar-refractivity contribution >= 4 is 15.9 Å². The van der Waals surface area contributed by atoms with Gasteiger partial charge in [0.1, 0.15) is 0 Å². The van der Waals surface area contributed by atoms with Gasteiger partial charge in [0.25, 0.3) is 0 Å². The van der Waals surface area contributed by atoms with Crippen LogP contribution in [0.2, 0.25) is 0 Å². The van der Waals surface area contributed by atoms with Gasteiger partial charge >= 0.3 is 0 Å². The number of fused-ring (bicyclic) bond motifs is 2. The number of hydrogen-bond acceptors (Lipinski definition) is 1. The number of rotatable bonds is 4. The second kappa shape index (κ2) is 5.46. The lowest BCUT2D eigenvalue weighted by Crippen LogP contribution is -2.43. The third-order valence-corrected chi connectivity index (χ3v) is 6.76. The summed E-state index contributed by atoms with van der Waals surface area (Å²) < 4.78 is 1.29. The van der Waals surface area contributed by atoms with Crippen molar-refractivity contribution in [2.45, 2.75) is 50.5 Å². The van der Waals surface area contributed by atoms with Gasteiger partial charge in [0.2, 0.25) is 0 Å². The smallest absolute Gasteiger partial charge is 0.0210 e. The van der Waals surface area contributed by atoms with Crippen molar-refractivity contribution in [2.24, 2.45) is 17.8 Å². The molecule has 3 unspecified atom stereocenters. The molecule has 0 aliphatic heterocycles. The summed E-state index contributed by atoms with van der Waals surface area (Å²) in [4.78, 5) is 0. The zero-order valence-corrected chi connectivity index (χ0v) is 13.6. The molecule has 3 aliphatic carbocycles. The second-order valence-corrected chi connectivity index (χ2v) is 8.08. The third kappa shape index (κ3) is 2.46. The Bertz CT molecular complexity index is 480. The molecule has 1 nitrogen and oxygen atoms in total. The van der Waals surface area contributed by atoms with Crippen LogP contribution in [0.1, 0.15) is 50.0 Å². The van der Waals surface area contributed by atoms with Gasteiger partial charge in [-0.25, -0.2) is 0 Å². The van der Waals surface area contributed by atoms with Crippen LogP contribution in [-0.2, 0) is 0 Å². The van der Waals surface area contributed by atoms with Crippen molar-refractivity contribution in [3.63, 3.8) is 0 Å². The van der Waals surface area contributed by atoms with Crippen LogP contribution in [0.5, 0.6) is 0 Å². The molecule has 3 atom stereocenters. The second-order valence-electron chi connectivity index (χ2n) is 7.23. The highest BCUT2D eigenvalue weighted by Gasteiger charge is 2.40. The SMILES string of the molecule is Brc1ccccc1C1CC(NCC2CC3CCC2C3)C1. The molecule has 1 N–H and O–H groups in total. The van der Waals surface area contributed by atoms with Crippen LogP contribution in [0.15, 0.2) is 28.7 Å². The highest BCUT2D eigenvalue weighted by atomic mass is 79.9. The monoisotopic (exact) mass is 333 g/mol. The first-order valence-corrected chi connectivity index (χ1v) is 9.06. The van der Waals surface area contributed by atoms with Crippen LogP contribution in [0.25, 0.3) is 0 Å². The topological polar surface area (TPSA) is 12.0 Å². The minimum absolute atomic E-state index is 0.767. The lowest BCUT2D eigenvalue weighted by molar-refractivity contribution is 0.246. The van der Waals surface area contributed by atoms with Gasteiger partial charge in [-0.15, -0.1) is 0 Å². The molecule has 0 saturated heterocycles. The fourth-order valence-corrected chi connectivity index (χ4v) is 5.40. The van der Waals surface area contributed by atoms with E-state index >= 15 is 0 Å². The van der Waals surface area contributed by atoms with Gasteiger partial charge in [-0.1, -0.05) is 40.5 Å². The molecule has 4 rings (SSSR count). The molecule has 0 spiro atoms.